The lowest BCUT2D eigenvalue weighted by Crippen LogP contribution is -2.43. The number of pyridine rings is 1. The Labute approximate surface area is 119 Å². The van der Waals surface area contributed by atoms with Gasteiger partial charge in [-0.2, -0.15) is 0 Å². The average Bonchev–Trinajstić information content (AvgIpc) is 2.89. The number of rotatable bonds is 5. The highest BCUT2D eigenvalue weighted by molar-refractivity contribution is 5.97. The molecule has 0 spiro atoms. The number of carbonyl (C=O) groups excluding carboxylic acids is 1. The van der Waals surface area contributed by atoms with Gasteiger partial charge in [0.2, 0.25) is 5.88 Å². The molecule has 0 aliphatic heterocycles. The molecule has 1 aromatic heterocycles. The Morgan fingerprint density at radius 1 is 1.45 bits per heavy atom. The van der Waals surface area contributed by atoms with Crippen molar-refractivity contribution in [1.29, 1.82) is 0 Å². The third kappa shape index (κ3) is 2.93. The number of nitrogens with zero attached hydrogens (tertiary/aromatic N) is 1. The van der Waals surface area contributed by atoms with Gasteiger partial charge in [0.25, 0.3) is 5.91 Å². The normalized spacial score (nSPS) is 16.9. The summed E-state index contributed by atoms with van der Waals surface area (Å²) in [5.74, 6) is 0.506. The largest absolute Gasteiger partial charge is 0.481 e. The summed E-state index contributed by atoms with van der Waals surface area (Å²) < 4.78 is 10.9. The molecule has 5 nitrogen and oxygen atoms in total. The second-order valence-electron chi connectivity index (χ2n) is 5.14. The van der Waals surface area contributed by atoms with Gasteiger partial charge in [-0.05, 0) is 45.6 Å². The van der Waals surface area contributed by atoms with Crippen LogP contribution in [0.15, 0.2) is 12.3 Å². The molecule has 1 aliphatic carbocycles. The minimum absolute atomic E-state index is 0.0665. The van der Waals surface area contributed by atoms with E-state index in [9.17, 15) is 4.79 Å². The number of methoxy groups -OCH3 is 1. The maximum absolute atomic E-state index is 12.5. The fourth-order valence-electron chi connectivity index (χ4n) is 2.75. The predicted octanol–water partition coefficient (Wildman–Crippen LogP) is 2.69. The smallest absolute Gasteiger partial charge is 0.256 e. The molecule has 0 radical (unpaired) electrons. The molecule has 1 heterocycles. The quantitative estimate of drug-likeness (QED) is 0.899. The molecule has 1 amide bonds. The topological polar surface area (TPSA) is 60.5 Å². The molecule has 1 N–H and O–H groups in total. The molecular weight excluding hydrogens is 256 g/mol. The molecule has 110 valence electrons. The number of ether oxygens (including phenoxy) is 2. The van der Waals surface area contributed by atoms with Crippen molar-refractivity contribution in [1.82, 2.24) is 4.98 Å². The van der Waals surface area contributed by atoms with Crippen molar-refractivity contribution in [2.24, 2.45) is 0 Å². The van der Waals surface area contributed by atoms with E-state index < -0.39 is 5.60 Å². The Balaban J connectivity index is 2.12. The predicted molar refractivity (Wildman–Crippen MR) is 77.0 cm³/mol. The number of aromatic nitrogens is 1. The van der Waals surface area contributed by atoms with E-state index in [0.29, 0.717) is 18.2 Å². The Kier molecular flexibility index (Phi) is 4.60. The number of carbonyl (C=O) groups is 1. The zero-order valence-corrected chi connectivity index (χ0v) is 12.4. The lowest BCUT2D eigenvalue weighted by atomic mass is 10.0. The SMILES string of the molecule is CCOC1(C(=O)Nc2cnc(OC)c(C)c2)CCCC1. The van der Waals surface area contributed by atoms with E-state index in [1.165, 1.54) is 0 Å². The molecule has 20 heavy (non-hydrogen) atoms. The number of amides is 1. The van der Waals surface area contributed by atoms with Crippen molar-refractivity contribution in [2.45, 2.75) is 45.1 Å². The van der Waals surface area contributed by atoms with Gasteiger partial charge in [0.15, 0.2) is 0 Å². The summed E-state index contributed by atoms with van der Waals surface area (Å²) in [6, 6.07) is 1.86. The van der Waals surface area contributed by atoms with E-state index >= 15 is 0 Å². The van der Waals surface area contributed by atoms with E-state index in [4.69, 9.17) is 9.47 Å². The molecule has 0 bridgehead atoms. The van der Waals surface area contributed by atoms with Crippen LogP contribution in [0.4, 0.5) is 5.69 Å². The van der Waals surface area contributed by atoms with Gasteiger partial charge in [-0.1, -0.05) is 0 Å². The maximum Gasteiger partial charge on any atom is 0.256 e. The molecule has 1 aliphatic rings. The zero-order chi connectivity index (χ0) is 14.6. The highest BCUT2D eigenvalue weighted by atomic mass is 16.5. The summed E-state index contributed by atoms with van der Waals surface area (Å²) in [6.45, 7) is 4.37. The maximum atomic E-state index is 12.5. The molecule has 2 rings (SSSR count). The molecule has 5 heteroatoms. The van der Waals surface area contributed by atoms with Gasteiger partial charge in [-0.3, -0.25) is 4.79 Å². The van der Waals surface area contributed by atoms with Crippen LogP contribution in [0.25, 0.3) is 0 Å². The number of hydrogen-bond acceptors (Lipinski definition) is 4. The second kappa shape index (κ2) is 6.22. The van der Waals surface area contributed by atoms with E-state index in [1.54, 1.807) is 13.3 Å². The van der Waals surface area contributed by atoms with Gasteiger partial charge in [0.1, 0.15) is 5.60 Å². The Morgan fingerprint density at radius 3 is 2.70 bits per heavy atom. The van der Waals surface area contributed by atoms with Crippen molar-refractivity contribution >= 4 is 11.6 Å². The van der Waals surface area contributed by atoms with Crippen LogP contribution in [0.1, 0.15) is 38.2 Å². The van der Waals surface area contributed by atoms with Gasteiger partial charge < -0.3 is 14.8 Å². The molecule has 1 aromatic rings. The van der Waals surface area contributed by atoms with Crippen molar-refractivity contribution in [3.05, 3.63) is 17.8 Å². The summed E-state index contributed by atoms with van der Waals surface area (Å²) >= 11 is 0. The van der Waals surface area contributed by atoms with E-state index in [2.05, 4.69) is 10.3 Å². The second-order valence-corrected chi connectivity index (χ2v) is 5.14. The Bertz CT molecular complexity index is 482. The Hall–Kier alpha value is -1.62. The fraction of sp³-hybridized carbons (Fsp3) is 0.600. The fourth-order valence-corrected chi connectivity index (χ4v) is 2.75. The molecule has 0 saturated heterocycles. The van der Waals surface area contributed by atoms with Crippen LogP contribution in [0.2, 0.25) is 0 Å². The van der Waals surface area contributed by atoms with Gasteiger partial charge in [0.05, 0.1) is 19.0 Å². The molecule has 1 fully saturated rings. The number of hydrogen-bond donors (Lipinski definition) is 1. The molecule has 0 unspecified atom stereocenters. The summed E-state index contributed by atoms with van der Waals surface area (Å²) in [5.41, 5.74) is 0.907. The van der Waals surface area contributed by atoms with Crippen LogP contribution in [0.5, 0.6) is 5.88 Å². The number of anilines is 1. The average molecular weight is 278 g/mol. The monoisotopic (exact) mass is 278 g/mol. The standard InChI is InChI=1S/C15H22N2O3/c1-4-20-15(7-5-6-8-15)14(18)17-12-9-11(2)13(19-3)16-10-12/h9-10H,4-8H2,1-3H3,(H,17,18). The third-order valence-electron chi connectivity index (χ3n) is 3.73. The minimum atomic E-state index is -0.664. The van der Waals surface area contributed by atoms with Crippen molar-refractivity contribution < 1.29 is 14.3 Å². The van der Waals surface area contributed by atoms with Crippen LogP contribution >= 0.6 is 0 Å². The molecular formula is C15H22N2O3. The summed E-state index contributed by atoms with van der Waals surface area (Å²) in [4.78, 5) is 16.7. The zero-order valence-electron chi connectivity index (χ0n) is 12.4. The van der Waals surface area contributed by atoms with Crippen LogP contribution in [-0.4, -0.2) is 30.2 Å². The number of nitrogens with one attached hydrogen (secondary N) is 1. The van der Waals surface area contributed by atoms with Crippen molar-refractivity contribution in [3.8, 4) is 5.88 Å². The van der Waals surface area contributed by atoms with Gasteiger partial charge in [-0.15, -0.1) is 0 Å². The molecule has 0 atom stereocenters. The van der Waals surface area contributed by atoms with Crippen molar-refractivity contribution in [3.63, 3.8) is 0 Å². The Morgan fingerprint density at radius 2 is 2.15 bits per heavy atom. The first kappa shape index (κ1) is 14.8. The summed E-state index contributed by atoms with van der Waals surface area (Å²) in [5, 5.41) is 2.92. The minimum Gasteiger partial charge on any atom is -0.481 e. The number of aryl methyl sites for hydroxylation is 1. The highest BCUT2D eigenvalue weighted by Gasteiger charge is 2.42. The lowest BCUT2D eigenvalue weighted by molar-refractivity contribution is -0.140. The van der Waals surface area contributed by atoms with E-state index in [-0.39, 0.29) is 5.91 Å². The molecule has 1 saturated carbocycles. The summed E-state index contributed by atoms with van der Waals surface area (Å²) in [7, 11) is 1.58. The van der Waals surface area contributed by atoms with E-state index in [0.717, 1.165) is 31.2 Å². The first-order valence-electron chi connectivity index (χ1n) is 7.07. The van der Waals surface area contributed by atoms with Gasteiger partial charge >= 0.3 is 0 Å². The van der Waals surface area contributed by atoms with Gasteiger partial charge in [-0.25, -0.2) is 4.98 Å². The van der Waals surface area contributed by atoms with Crippen LogP contribution in [0, 0.1) is 6.92 Å². The van der Waals surface area contributed by atoms with Gasteiger partial charge in [0, 0.05) is 12.2 Å². The summed E-state index contributed by atoms with van der Waals surface area (Å²) in [6.07, 6.45) is 5.25. The highest BCUT2D eigenvalue weighted by Crippen LogP contribution is 2.34. The van der Waals surface area contributed by atoms with Crippen LogP contribution in [-0.2, 0) is 9.53 Å². The van der Waals surface area contributed by atoms with E-state index in [1.807, 2.05) is 19.9 Å². The van der Waals surface area contributed by atoms with Crippen molar-refractivity contribution in [2.75, 3.05) is 19.0 Å². The first-order valence-corrected chi connectivity index (χ1v) is 7.07. The third-order valence-corrected chi connectivity index (χ3v) is 3.73. The van der Waals surface area contributed by atoms with Crippen LogP contribution < -0.4 is 10.1 Å². The lowest BCUT2D eigenvalue weighted by Gasteiger charge is -2.27. The first-order chi connectivity index (χ1) is 9.61. The van der Waals surface area contributed by atoms with Crippen LogP contribution in [0.3, 0.4) is 0 Å². The molecule has 0 aromatic carbocycles.